The van der Waals surface area contributed by atoms with Gasteiger partial charge in [-0.2, -0.15) is 0 Å². The number of ether oxygens (including phenoxy) is 2. The second kappa shape index (κ2) is 11.2. The van der Waals surface area contributed by atoms with E-state index in [4.69, 9.17) is 15.2 Å². The molecule has 0 aliphatic heterocycles. The molecule has 0 aromatic rings. The lowest BCUT2D eigenvalue weighted by Crippen LogP contribution is -2.40. The van der Waals surface area contributed by atoms with Gasteiger partial charge in [-0.05, 0) is 31.1 Å². The Morgan fingerprint density at radius 1 is 1.04 bits per heavy atom. The third-order valence-corrected chi connectivity index (χ3v) is 3.59. The van der Waals surface area contributed by atoms with E-state index in [2.05, 4.69) is 34.3 Å². The fraction of sp³-hybridized carbons (Fsp3) is 0.778. The second-order valence-electron chi connectivity index (χ2n) is 6.92. The zero-order valence-corrected chi connectivity index (χ0v) is 15.1. The minimum Gasteiger partial charge on any atom is -0.466 e. The van der Waals surface area contributed by atoms with E-state index in [1.165, 1.54) is 6.08 Å². The molecule has 0 bridgehead atoms. The molecule has 0 amide bonds. The van der Waals surface area contributed by atoms with Crippen LogP contribution in [0.4, 0.5) is 0 Å². The molecule has 0 aliphatic carbocycles. The van der Waals surface area contributed by atoms with Gasteiger partial charge in [-0.25, -0.2) is 0 Å². The Labute approximate surface area is 140 Å². The van der Waals surface area contributed by atoms with Crippen molar-refractivity contribution in [1.82, 2.24) is 0 Å². The number of carbonyl (C=O) groups excluding carboxylic acids is 2. The summed E-state index contributed by atoms with van der Waals surface area (Å²) < 4.78 is 10.3. The maximum Gasteiger partial charge on any atom is 0.307 e. The third-order valence-electron chi connectivity index (χ3n) is 3.59. The van der Waals surface area contributed by atoms with Gasteiger partial charge in [0.05, 0.1) is 19.6 Å². The number of nitrogens with two attached hydrogens (primary N) is 1. The molecule has 5 heteroatoms. The average Bonchev–Trinajstić information content (AvgIpc) is 2.44. The number of hydrogen-bond acceptors (Lipinski definition) is 5. The van der Waals surface area contributed by atoms with Gasteiger partial charge in [-0.1, -0.05) is 33.8 Å². The lowest BCUT2D eigenvalue weighted by Gasteiger charge is -2.24. The molecule has 23 heavy (non-hydrogen) atoms. The van der Waals surface area contributed by atoms with Crippen LogP contribution in [0.3, 0.4) is 0 Å². The van der Waals surface area contributed by atoms with E-state index in [9.17, 15) is 9.59 Å². The van der Waals surface area contributed by atoms with Gasteiger partial charge in [-0.15, -0.1) is 6.58 Å². The highest BCUT2D eigenvalue weighted by Crippen LogP contribution is 2.17. The molecule has 0 saturated carbocycles. The Hall–Kier alpha value is -1.36. The molecular weight excluding hydrogens is 294 g/mol. The Morgan fingerprint density at radius 2 is 1.52 bits per heavy atom. The summed E-state index contributed by atoms with van der Waals surface area (Å²) in [4.78, 5) is 23.5. The number of hydrogen-bond donors (Lipinski definition) is 1. The highest BCUT2D eigenvalue weighted by molar-refractivity contribution is 5.72. The maximum absolute atomic E-state index is 11.8. The van der Waals surface area contributed by atoms with Crippen LogP contribution in [0.1, 0.15) is 59.8 Å². The van der Waals surface area contributed by atoms with E-state index in [0.717, 1.165) is 12.8 Å². The summed E-state index contributed by atoms with van der Waals surface area (Å²) in [5, 5.41) is 0. The Morgan fingerprint density at radius 3 is 1.96 bits per heavy atom. The molecule has 0 aliphatic rings. The first-order valence-corrected chi connectivity index (χ1v) is 8.42. The molecule has 0 aromatic carbocycles. The van der Waals surface area contributed by atoms with Gasteiger partial charge in [0.15, 0.2) is 0 Å². The van der Waals surface area contributed by atoms with Crippen LogP contribution in [-0.2, 0) is 19.1 Å². The first kappa shape index (κ1) is 21.6. The van der Waals surface area contributed by atoms with Crippen LogP contribution >= 0.6 is 0 Å². The first-order chi connectivity index (χ1) is 10.7. The van der Waals surface area contributed by atoms with E-state index in [-0.39, 0.29) is 24.8 Å². The fourth-order valence-corrected chi connectivity index (χ4v) is 1.81. The molecule has 5 nitrogen and oxygen atoms in total. The Kier molecular flexibility index (Phi) is 10.6. The van der Waals surface area contributed by atoms with Crippen LogP contribution in [-0.4, -0.2) is 30.7 Å². The normalized spacial score (nSPS) is 13.7. The van der Waals surface area contributed by atoms with Crippen molar-refractivity contribution in [1.29, 1.82) is 0 Å². The summed E-state index contributed by atoms with van der Waals surface area (Å²) in [6.45, 7) is 12.8. The lowest BCUT2D eigenvalue weighted by atomic mass is 9.91. The zero-order valence-electron chi connectivity index (χ0n) is 15.1. The summed E-state index contributed by atoms with van der Waals surface area (Å²) in [6, 6.07) is 0. The van der Waals surface area contributed by atoms with E-state index in [0.29, 0.717) is 31.5 Å². The van der Waals surface area contributed by atoms with E-state index >= 15 is 0 Å². The summed E-state index contributed by atoms with van der Waals surface area (Å²) in [5.41, 5.74) is 5.19. The molecular formula is C18H33NO4. The summed E-state index contributed by atoms with van der Waals surface area (Å²) in [7, 11) is 0. The topological polar surface area (TPSA) is 78.6 Å². The van der Waals surface area contributed by atoms with Crippen LogP contribution in [0.25, 0.3) is 0 Å². The largest absolute Gasteiger partial charge is 0.466 e. The molecule has 0 rings (SSSR count). The van der Waals surface area contributed by atoms with Crippen LogP contribution in [0.2, 0.25) is 0 Å². The first-order valence-electron chi connectivity index (χ1n) is 8.42. The van der Waals surface area contributed by atoms with Gasteiger partial charge < -0.3 is 15.2 Å². The van der Waals surface area contributed by atoms with Crippen molar-refractivity contribution in [2.24, 2.45) is 17.6 Å². The third kappa shape index (κ3) is 11.8. The molecule has 0 spiro atoms. The van der Waals surface area contributed by atoms with Crippen molar-refractivity contribution in [2.45, 2.75) is 65.3 Å². The minimum atomic E-state index is -0.939. The molecule has 1 unspecified atom stereocenters. The quantitative estimate of drug-likeness (QED) is 0.440. The van der Waals surface area contributed by atoms with Crippen molar-refractivity contribution in [2.75, 3.05) is 13.2 Å². The van der Waals surface area contributed by atoms with E-state index < -0.39 is 5.54 Å². The summed E-state index contributed by atoms with van der Waals surface area (Å²) in [6.07, 6.45) is 3.67. The molecule has 0 radical (unpaired) electrons. The number of esters is 2. The maximum atomic E-state index is 11.8. The molecule has 0 heterocycles. The predicted molar refractivity (Wildman–Crippen MR) is 91.8 cm³/mol. The average molecular weight is 327 g/mol. The van der Waals surface area contributed by atoms with Gasteiger partial charge in [0.2, 0.25) is 0 Å². The highest BCUT2D eigenvalue weighted by Gasteiger charge is 2.27. The van der Waals surface area contributed by atoms with Crippen LogP contribution in [0, 0.1) is 11.8 Å². The van der Waals surface area contributed by atoms with Gasteiger partial charge in [-0.3, -0.25) is 9.59 Å². The summed E-state index contributed by atoms with van der Waals surface area (Å²) >= 11 is 0. The standard InChI is InChI=1S/C18H33NO4/c1-6-18(19,13-17(21)23-12-9-15(4)5)10-7-16(20)22-11-8-14(2)3/h6,14-15H,1,7-13,19H2,2-5H3. The SMILES string of the molecule is C=CC(N)(CCC(=O)OCCC(C)C)CC(=O)OCCC(C)C. The smallest absolute Gasteiger partial charge is 0.307 e. The minimum absolute atomic E-state index is 0.0217. The van der Waals surface area contributed by atoms with Gasteiger partial charge in [0, 0.05) is 12.0 Å². The van der Waals surface area contributed by atoms with Gasteiger partial charge in [0.25, 0.3) is 0 Å². The zero-order chi connectivity index (χ0) is 17.9. The highest BCUT2D eigenvalue weighted by atomic mass is 16.5. The van der Waals surface area contributed by atoms with E-state index in [1.807, 2.05) is 0 Å². The van der Waals surface area contributed by atoms with Crippen molar-refractivity contribution in [3.63, 3.8) is 0 Å². The second-order valence-corrected chi connectivity index (χ2v) is 6.92. The molecule has 0 aromatic heterocycles. The van der Waals surface area contributed by atoms with Gasteiger partial charge >= 0.3 is 11.9 Å². The molecule has 0 saturated heterocycles. The predicted octanol–water partition coefficient (Wildman–Crippen LogP) is 3.22. The number of carbonyl (C=O) groups is 2. The van der Waals surface area contributed by atoms with Gasteiger partial charge in [0.1, 0.15) is 0 Å². The van der Waals surface area contributed by atoms with Crippen LogP contribution in [0.15, 0.2) is 12.7 Å². The van der Waals surface area contributed by atoms with Crippen molar-refractivity contribution < 1.29 is 19.1 Å². The molecule has 1 atom stereocenters. The lowest BCUT2D eigenvalue weighted by molar-refractivity contribution is -0.147. The molecule has 134 valence electrons. The Balaban J connectivity index is 4.15. The summed E-state index contributed by atoms with van der Waals surface area (Å²) in [5.74, 6) is 0.312. The monoisotopic (exact) mass is 327 g/mol. The Bertz CT molecular complexity index is 379. The van der Waals surface area contributed by atoms with Crippen LogP contribution in [0.5, 0.6) is 0 Å². The molecule has 0 fully saturated rings. The number of rotatable bonds is 12. The van der Waals surface area contributed by atoms with Crippen LogP contribution < -0.4 is 5.73 Å². The molecule has 2 N–H and O–H groups in total. The fourth-order valence-electron chi connectivity index (χ4n) is 1.81. The van der Waals surface area contributed by atoms with Crippen molar-refractivity contribution >= 4 is 11.9 Å². The van der Waals surface area contributed by atoms with Crippen molar-refractivity contribution in [3.05, 3.63) is 12.7 Å². The van der Waals surface area contributed by atoms with E-state index in [1.54, 1.807) is 0 Å². The van der Waals surface area contributed by atoms with Crippen molar-refractivity contribution in [3.8, 4) is 0 Å².